The maximum atomic E-state index is 13.4. The van der Waals surface area contributed by atoms with Gasteiger partial charge in [0.25, 0.3) is 0 Å². The third-order valence-corrected chi connectivity index (χ3v) is 12.6. The molecule has 0 aromatic heterocycles. The van der Waals surface area contributed by atoms with Crippen LogP contribution < -0.4 is 4.90 Å². The largest absolute Gasteiger partial charge is 0.458 e. The van der Waals surface area contributed by atoms with E-state index in [1.54, 1.807) is 12.0 Å². The van der Waals surface area contributed by atoms with Crippen LogP contribution in [0.5, 0.6) is 0 Å². The lowest BCUT2D eigenvalue weighted by atomic mass is 9.43. The summed E-state index contributed by atoms with van der Waals surface area (Å²) in [5.41, 5.74) is -0.306. The molecule has 1 heterocycles. The van der Waals surface area contributed by atoms with Crippen LogP contribution in [0.25, 0.3) is 0 Å². The Labute approximate surface area is 226 Å². The fourth-order valence-electron chi connectivity index (χ4n) is 11.8. The maximum absolute atomic E-state index is 13.4. The SMILES string of the molecule is CC[NH+]1CC2(COC)CCC(OC)C34C5CC6C(OC)CC(O)(C(CC23)C14)C5C6OC(=O)c1ccccc1. The number of fused-ring (bicyclic) bond motifs is 2. The van der Waals surface area contributed by atoms with Crippen molar-refractivity contribution in [3.63, 3.8) is 0 Å². The molecule has 7 heteroatoms. The normalized spacial score (nSPS) is 51.6. The maximum Gasteiger partial charge on any atom is 0.338 e. The average Bonchev–Trinajstić information content (AvgIpc) is 3.38. The van der Waals surface area contributed by atoms with E-state index in [1.165, 1.54) is 0 Å². The van der Waals surface area contributed by atoms with Gasteiger partial charge in [0.05, 0.1) is 48.5 Å². The number of hydrogen-bond donors (Lipinski definition) is 2. The number of carbonyl (C=O) groups excluding carboxylic acids is 1. The molecule has 208 valence electrons. The van der Waals surface area contributed by atoms with E-state index in [2.05, 4.69) is 6.92 Å². The van der Waals surface area contributed by atoms with Crippen LogP contribution in [-0.2, 0) is 18.9 Å². The van der Waals surface area contributed by atoms with Crippen molar-refractivity contribution < 1.29 is 33.7 Å². The van der Waals surface area contributed by atoms with Gasteiger partial charge in [0.15, 0.2) is 0 Å². The summed E-state index contributed by atoms with van der Waals surface area (Å²) in [4.78, 5) is 15.0. The van der Waals surface area contributed by atoms with E-state index in [9.17, 15) is 9.90 Å². The highest BCUT2D eigenvalue weighted by Crippen LogP contribution is 2.77. The van der Waals surface area contributed by atoms with E-state index in [1.807, 2.05) is 44.6 Å². The molecule has 1 saturated heterocycles. The standard InChI is InChI=1S/C31H43NO6/c1-5-32-16-29(17-35-2)12-11-24(37-4)31-20-13-19-22(36-3)15-30(34,21(27(31)32)14-23(29)31)25(20)26(19)38-28(33)18-9-7-6-8-10-18/h6-10,19-27,34H,5,11-17H2,1-4H3/p+1. The molecule has 6 aliphatic rings. The second kappa shape index (κ2) is 8.74. The van der Waals surface area contributed by atoms with Gasteiger partial charge in [0.1, 0.15) is 12.1 Å². The van der Waals surface area contributed by atoms with E-state index < -0.39 is 5.60 Å². The Morgan fingerprint density at radius 1 is 1.11 bits per heavy atom. The molecule has 1 aromatic rings. The molecule has 5 aliphatic carbocycles. The van der Waals surface area contributed by atoms with Gasteiger partial charge in [-0.1, -0.05) is 18.2 Å². The Kier molecular flexibility index (Phi) is 5.86. The van der Waals surface area contributed by atoms with Crippen LogP contribution in [0.3, 0.4) is 0 Å². The number of piperidine rings is 1. The lowest BCUT2D eigenvalue weighted by Crippen LogP contribution is -3.21. The quantitative estimate of drug-likeness (QED) is 0.529. The van der Waals surface area contributed by atoms with Gasteiger partial charge in [-0.25, -0.2) is 4.79 Å². The number of carbonyl (C=O) groups is 1. The monoisotopic (exact) mass is 526 g/mol. The zero-order valence-electron chi connectivity index (χ0n) is 23.2. The number of nitrogens with one attached hydrogen (secondary N) is 1. The first-order valence-electron chi connectivity index (χ1n) is 14.8. The van der Waals surface area contributed by atoms with Crippen LogP contribution in [0.4, 0.5) is 0 Å². The highest BCUT2D eigenvalue weighted by Gasteiger charge is 2.86. The van der Waals surface area contributed by atoms with Crippen LogP contribution in [-0.4, -0.2) is 82.1 Å². The summed E-state index contributed by atoms with van der Waals surface area (Å²) in [7, 11) is 5.50. The Bertz CT molecular complexity index is 1080. The van der Waals surface area contributed by atoms with Gasteiger partial charge in [-0.05, 0) is 56.6 Å². The lowest BCUT2D eigenvalue weighted by Gasteiger charge is -2.67. The van der Waals surface area contributed by atoms with Crippen molar-refractivity contribution in [3.05, 3.63) is 35.9 Å². The van der Waals surface area contributed by atoms with E-state index in [4.69, 9.17) is 18.9 Å². The first kappa shape index (κ1) is 25.5. The zero-order valence-corrected chi connectivity index (χ0v) is 23.2. The van der Waals surface area contributed by atoms with Crippen LogP contribution in [0.1, 0.15) is 49.4 Å². The first-order chi connectivity index (χ1) is 18.4. The molecule has 0 radical (unpaired) electrons. The molecule has 7 bridgehead atoms. The van der Waals surface area contributed by atoms with Crippen LogP contribution >= 0.6 is 0 Å². The molecule has 1 aliphatic heterocycles. The summed E-state index contributed by atoms with van der Waals surface area (Å²) in [6.07, 6.45) is 4.37. The van der Waals surface area contributed by atoms with Gasteiger partial charge in [0, 0.05) is 50.9 Å². The fraction of sp³-hybridized carbons (Fsp3) is 0.774. The van der Waals surface area contributed by atoms with Gasteiger partial charge in [0.2, 0.25) is 0 Å². The molecular formula is C31H44NO6+. The summed E-state index contributed by atoms with van der Waals surface area (Å²) in [6, 6.07) is 9.62. The van der Waals surface area contributed by atoms with Gasteiger partial charge < -0.3 is 29.0 Å². The minimum absolute atomic E-state index is 0.0501. The number of quaternary nitrogens is 1. The molecule has 13 atom stereocenters. The number of aliphatic hydroxyl groups is 1. The van der Waals surface area contributed by atoms with E-state index in [0.29, 0.717) is 23.9 Å². The molecule has 6 fully saturated rings. The summed E-state index contributed by atoms with van der Waals surface area (Å²) in [6.45, 7) is 5.21. The minimum Gasteiger partial charge on any atom is -0.458 e. The Morgan fingerprint density at radius 3 is 2.58 bits per heavy atom. The Balaban J connectivity index is 1.38. The second-order valence-electron chi connectivity index (χ2n) is 13.4. The predicted octanol–water partition coefficient (Wildman–Crippen LogP) is 1.98. The molecule has 1 spiro atoms. The summed E-state index contributed by atoms with van der Waals surface area (Å²) in [5.74, 6) is 0.501. The Hall–Kier alpha value is -1.51. The minimum atomic E-state index is -0.922. The fourth-order valence-corrected chi connectivity index (χ4v) is 11.8. The van der Waals surface area contributed by atoms with Crippen molar-refractivity contribution in [2.24, 2.45) is 40.4 Å². The number of likely N-dealkylation sites (tertiary alicyclic amines) is 1. The van der Waals surface area contributed by atoms with Crippen LogP contribution in [0, 0.1) is 40.4 Å². The smallest absolute Gasteiger partial charge is 0.338 e. The van der Waals surface area contributed by atoms with Crippen molar-refractivity contribution in [2.45, 2.75) is 69.0 Å². The molecule has 7 nitrogen and oxygen atoms in total. The van der Waals surface area contributed by atoms with Crippen molar-refractivity contribution in [1.82, 2.24) is 0 Å². The number of hydrogen-bond acceptors (Lipinski definition) is 6. The predicted molar refractivity (Wildman–Crippen MR) is 140 cm³/mol. The molecule has 7 rings (SSSR count). The molecule has 2 N–H and O–H groups in total. The molecule has 38 heavy (non-hydrogen) atoms. The topological polar surface area (TPSA) is 78.7 Å². The molecule has 5 saturated carbocycles. The van der Waals surface area contributed by atoms with Gasteiger partial charge in [-0.15, -0.1) is 0 Å². The van der Waals surface area contributed by atoms with Crippen LogP contribution in [0.2, 0.25) is 0 Å². The summed E-state index contributed by atoms with van der Waals surface area (Å²) < 4.78 is 24.9. The zero-order chi connectivity index (χ0) is 26.4. The lowest BCUT2D eigenvalue weighted by molar-refractivity contribution is -0.953. The van der Waals surface area contributed by atoms with Crippen molar-refractivity contribution in [2.75, 3.05) is 41.0 Å². The molecule has 0 amide bonds. The number of esters is 1. The molecule has 13 unspecified atom stereocenters. The second-order valence-corrected chi connectivity index (χ2v) is 13.4. The highest BCUT2D eigenvalue weighted by molar-refractivity contribution is 5.89. The van der Waals surface area contributed by atoms with Crippen LogP contribution in [0.15, 0.2) is 30.3 Å². The number of rotatable bonds is 7. The van der Waals surface area contributed by atoms with Crippen molar-refractivity contribution >= 4 is 5.97 Å². The van der Waals surface area contributed by atoms with E-state index >= 15 is 0 Å². The van der Waals surface area contributed by atoms with Gasteiger partial charge >= 0.3 is 5.97 Å². The Morgan fingerprint density at radius 2 is 1.89 bits per heavy atom. The summed E-state index contributed by atoms with van der Waals surface area (Å²) in [5, 5.41) is 12.9. The van der Waals surface area contributed by atoms with Crippen molar-refractivity contribution in [3.8, 4) is 0 Å². The number of ether oxygens (including phenoxy) is 4. The van der Waals surface area contributed by atoms with E-state index in [0.717, 1.165) is 45.4 Å². The third-order valence-electron chi connectivity index (χ3n) is 12.6. The summed E-state index contributed by atoms with van der Waals surface area (Å²) >= 11 is 0. The van der Waals surface area contributed by atoms with Crippen molar-refractivity contribution in [1.29, 1.82) is 0 Å². The third kappa shape index (κ3) is 2.95. The average molecular weight is 527 g/mol. The molecule has 1 aromatic carbocycles. The van der Waals surface area contributed by atoms with E-state index in [-0.39, 0.29) is 58.8 Å². The van der Waals surface area contributed by atoms with Gasteiger partial charge in [-0.2, -0.15) is 0 Å². The number of methoxy groups -OCH3 is 3. The number of benzene rings is 1. The first-order valence-corrected chi connectivity index (χ1v) is 14.8. The van der Waals surface area contributed by atoms with Gasteiger partial charge in [-0.3, -0.25) is 0 Å². The molecular weight excluding hydrogens is 482 g/mol. The highest BCUT2D eigenvalue weighted by atomic mass is 16.6.